The first-order valence-corrected chi connectivity index (χ1v) is 9.98. The van der Waals surface area contributed by atoms with Crippen LogP contribution in [0.5, 0.6) is 0 Å². The first kappa shape index (κ1) is 16.8. The minimum atomic E-state index is 0.716. The van der Waals surface area contributed by atoms with Crippen LogP contribution in [0.1, 0.15) is 62.0 Å². The average Bonchev–Trinajstić information content (AvgIpc) is 3.15. The number of aryl methyl sites for hydroxylation is 2. The third-order valence-corrected chi connectivity index (χ3v) is 6.02. The molecule has 136 valence electrons. The molecule has 0 amide bonds. The van der Waals surface area contributed by atoms with Crippen LogP contribution >= 0.6 is 0 Å². The molecule has 1 saturated heterocycles. The van der Waals surface area contributed by atoms with Gasteiger partial charge in [-0.15, -0.1) is 0 Å². The summed E-state index contributed by atoms with van der Waals surface area (Å²) >= 11 is 0. The summed E-state index contributed by atoms with van der Waals surface area (Å²) in [5.74, 6) is 2.81. The molecule has 25 heavy (non-hydrogen) atoms. The highest BCUT2D eigenvalue weighted by molar-refractivity contribution is 5.11. The quantitative estimate of drug-likeness (QED) is 0.806. The Balaban J connectivity index is 1.39. The second kappa shape index (κ2) is 7.32. The first-order valence-electron chi connectivity index (χ1n) is 9.98. The van der Waals surface area contributed by atoms with Gasteiger partial charge in [0.05, 0.1) is 6.20 Å². The molecule has 4 rings (SSSR count). The Morgan fingerprint density at radius 3 is 2.76 bits per heavy atom. The van der Waals surface area contributed by atoms with Gasteiger partial charge in [-0.2, -0.15) is 5.10 Å². The van der Waals surface area contributed by atoms with E-state index in [1.807, 2.05) is 10.9 Å². The van der Waals surface area contributed by atoms with E-state index in [0.29, 0.717) is 5.92 Å². The van der Waals surface area contributed by atoms with E-state index in [9.17, 15) is 0 Å². The number of hydrogen-bond donors (Lipinski definition) is 0. The van der Waals surface area contributed by atoms with Gasteiger partial charge < -0.3 is 4.57 Å². The van der Waals surface area contributed by atoms with E-state index < -0.39 is 0 Å². The van der Waals surface area contributed by atoms with Crippen molar-refractivity contribution in [3.05, 3.63) is 35.7 Å². The Bertz CT molecular complexity index is 697. The lowest BCUT2D eigenvalue weighted by Gasteiger charge is -2.34. The standard InChI is InChI=1S/C20H31N5/c1-3-24-14-18(11-22-24)13-23-9-5-6-17(12-23)15-25-16(2)10-21-20(25)19-7-4-8-19/h10-11,14,17,19H,3-9,12-13,15H2,1-2H3. The molecule has 1 atom stereocenters. The van der Waals surface area contributed by atoms with Gasteiger partial charge in [0, 0.05) is 55.7 Å². The van der Waals surface area contributed by atoms with Crippen molar-refractivity contribution < 1.29 is 0 Å². The fraction of sp³-hybridized carbons (Fsp3) is 0.700. The fourth-order valence-corrected chi connectivity index (χ4v) is 4.33. The summed E-state index contributed by atoms with van der Waals surface area (Å²) in [6.45, 7) is 9.89. The van der Waals surface area contributed by atoms with E-state index in [1.165, 1.54) is 62.3 Å². The van der Waals surface area contributed by atoms with Gasteiger partial charge >= 0.3 is 0 Å². The zero-order valence-electron chi connectivity index (χ0n) is 15.7. The van der Waals surface area contributed by atoms with Crippen molar-refractivity contribution in [1.29, 1.82) is 0 Å². The summed E-state index contributed by atoms with van der Waals surface area (Å²) in [5.41, 5.74) is 2.68. The lowest BCUT2D eigenvalue weighted by atomic mass is 9.84. The SMILES string of the molecule is CCn1cc(CN2CCCC(Cn3c(C)cnc3C3CCC3)C2)cn1. The third kappa shape index (κ3) is 3.66. The van der Waals surface area contributed by atoms with Gasteiger partial charge in [-0.3, -0.25) is 9.58 Å². The highest BCUT2D eigenvalue weighted by atomic mass is 15.3. The van der Waals surface area contributed by atoms with Crippen LogP contribution in [0.15, 0.2) is 18.6 Å². The normalized spacial score (nSPS) is 22.2. The van der Waals surface area contributed by atoms with Crippen molar-refractivity contribution in [1.82, 2.24) is 24.2 Å². The molecule has 2 aromatic rings. The molecule has 3 heterocycles. The number of likely N-dealkylation sites (tertiary alicyclic amines) is 1. The van der Waals surface area contributed by atoms with Crippen molar-refractivity contribution in [2.24, 2.45) is 5.92 Å². The van der Waals surface area contributed by atoms with Crippen LogP contribution in [0.4, 0.5) is 0 Å². The Morgan fingerprint density at radius 2 is 2.04 bits per heavy atom. The molecule has 0 bridgehead atoms. The maximum atomic E-state index is 4.74. The lowest BCUT2D eigenvalue weighted by Crippen LogP contribution is -2.37. The van der Waals surface area contributed by atoms with Gasteiger partial charge in [-0.05, 0) is 52.0 Å². The predicted octanol–water partition coefficient (Wildman–Crippen LogP) is 3.59. The number of imidazole rings is 1. The molecule has 5 heteroatoms. The molecule has 2 aromatic heterocycles. The van der Waals surface area contributed by atoms with E-state index in [2.05, 4.69) is 40.8 Å². The van der Waals surface area contributed by atoms with Gasteiger partial charge in [0.1, 0.15) is 5.82 Å². The van der Waals surface area contributed by atoms with Crippen LogP contribution < -0.4 is 0 Å². The van der Waals surface area contributed by atoms with E-state index in [0.717, 1.165) is 25.6 Å². The summed E-state index contributed by atoms with van der Waals surface area (Å²) in [7, 11) is 0. The molecular weight excluding hydrogens is 310 g/mol. The number of hydrogen-bond acceptors (Lipinski definition) is 3. The van der Waals surface area contributed by atoms with E-state index in [-0.39, 0.29) is 0 Å². The maximum absolute atomic E-state index is 4.74. The van der Waals surface area contributed by atoms with E-state index in [1.54, 1.807) is 0 Å². The summed E-state index contributed by atoms with van der Waals surface area (Å²) < 4.78 is 4.55. The summed E-state index contributed by atoms with van der Waals surface area (Å²) in [6, 6.07) is 0. The van der Waals surface area contributed by atoms with Crippen LogP contribution in [0.3, 0.4) is 0 Å². The largest absolute Gasteiger partial charge is 0.332 e. The highest BCUT2D eigenvalue weighted by Crippen LogP contribution is 2.36. The van der Waals surface area contributed by atoms with Gasteiger partial charge in [-0.1, -0.05) is 6.42 Å². The van der Waals surface area contributed by atoms with Crippen LogP contribution in [0.25, 0.3) is 0 Å². The highest BCUT2D eigenvalue weighted by Gasteiger charge is 2.27. The molecule has 1 aliphatic carbocycles. The number of aromatic nitrogens is 4. The van der Waals surface area contributed by atoms with Gasteiger partial charge in [0.25, 0.3) is 0 Å². The minimum Gasteiger partial charge on any atom is -0.332 e. The number of piperidine rings is 1. The van der Waals surface area contributed by atoms with Crippen LogP contribution in [-0.2, 0) is 19.6 Å². The number of rotatable bonds is 6. The molecule has 5 nitrogen and oxygen atoms in total. The third-order valence-electron chi connectivity index (χ3n) is 6.02. The molecule has 1 unspecified atom stereocenters. The van der Waals surface area contributed by atoms with Crippen molar-refractivity contribution in [3.8, 4) is 0 Å². The molecule has 0 radical (unpaired) electrons. The molecular formula is C20H31N5. The summed E-state index contributed by atoms with van der Waals surface area (Å²) in [4.78, 5) is 7.35. The van der Waals surface area contributed by atoms with Gasteiger partial charge in [-0.25, -0.2) is 4.98 Å². The Morgan fingerprint density at radius 1 is 1.16 bits per heavy atom. The maximum Gasteiger partial charge on any atom is 0.111 e. The Kier molecular flexibility index (Phi) is 4.93. The predicted molar refractivity (Wildman–Crippen MR) is 99.5 cm³/mol. The van der Waals surface area contributed by atoms with Crippen LogP contribution in [0, 0.1) is 12.8 Å². The average molecular weight is 342 g/mol. The summed E-state index contributed by atoms with van der Waals surface area (Å²) in [6.07, 6.45) is 13.0. The van der Waals surface area contributed by atoms with Crippen molar-refractivity contribution in [2.75, 3.05) is 13.1 Å². The van der Waals surface area contributed by atoms with E-state index >= 15 is 0 Å². The molecule has 1 aliphatic heterocycles. The van der Waals surface area contributed by atoms with Crippen molar-refractivity contribution >= 4 is 0 Å². The van der Waals surface area contributed by atoms with Gasteiger partial charge in [0.15, 0.2) is 0 Å². The monoisotopic (exact) mass is 341 g/mol. The van der Waals surface area contributed by atoms with Crippen molar-refractivity contribution in [2.45, 2.75) is 71.5 Å². The first-order chi connectivity index (χ1) is 12.2. The second-order valence-electron chi connectivity index (χ2n) is 7.94. The molecule has 0 spiro atoms. The zero-order valence-corrected chi connectivity index (χ0v) is 15.7. The van der Waals surface area contributed by atoms with Crippen LogP contribution in [-0.4, -0.2) is 37.3 Å². The molecule has 0 N–H and O–H groups in total. The number of nitrogens with zero attached hydrogens (tertiary/aromatic N) is 5. The zero-order chi connectivity index (χ0) is 17.2. The van der Waals surface area contributed by atoms with Gasteiger partial charge in [0.2, 0.25) is 0 Å². The molecule has 2 fully saturated rings. The molecule has 1 saturated carbocycles. The topological polar surface area (TPSA) is 38.9 Å². The molecule has 0 aromatic carbocycles. The van der Waals surface area contributed by atoms with Crippen LogP contribution in [0.2, 0.25) is 0 Å². The Labute approximate surface area is 151 Å². The lowest BCUT2D eigenvalue weighted by molar-refractivity contribution is 0.154. The minimum absolute atomic E-state index is 0.716. The fourth-order valence-electron chi connectivity index (χ4n) is 4.33. The molecule has 2 aliphatic rings. The smallest absolute Gasteiger partial charge is 0.111 e. The summed E-state index contributed by atoms with van der Waals surface area (Å²) in [5, 5.41) is 4.42. The Hall–Kier alpha value is -1.62. The van der Waals surface area contributed by atoms with Crippen molar-refractivity contribution in [3.63, 3.8) is 0 Å². The van der Waals surface area contributed by atoms with E-state index in [4.69, 9.17) is 4.98 Å². The second-order valence-corrected chi connectivity index (χ2v) is 7.94.